The van der Waals surface area contributed by atoms with E-state index in [1.807, 2.05) is 0 Å². The highest BCUT2D eigenvalue weighted by Gasteiger charge is 2.14. The van der Waals surface area contributed by atoms with Crippen LogP contribution in [0.25, 0.3) is 5.76 Å². The molecule has 16 heavy (non-hydrogen) atoms. The Hall–Kier alpha value is -1.27. The first-order chi connectivity index (χ1) is 7.42. The summed E-state index contributed by atoms with van der Waals surface area (Å²) >= 11 is 0. The Balaban J connectivity index is 2.79. The largest absolute Gasteiger partial charge is 0.506 e. The highest BCUT2D eigenvalue weighted by atomic mass is 31.2. The van der Waals surface area contributed by atoms with E-state index in [9.17, 15) is 9.67 Å². The number of allylic oxidation sites excluding steroid dienone is 1. The van der Waals surface area contributed by atoms with Crippen LogP contribution >= 0.6 is 7.82 Å². The molecule has 1 aromatic heterocycles. The number of phosphoric ester groups is 1. The van der Waals surface area contributed by atoms with Crippen molar-refractivity contribution < 1.29 is 24.0 Å². The number of rotatable bonds is 4. The van der Waals surface area contributed by atoms with Crippen LogP contribution in [-0.2, 0) is 15.7 Å². The van der Waals surface area contributed by atoms with E-state index in [1.165, 1.54) is 18.5 Å². The normalized spacial score (nSPS) is 12.8. The quantitative estimate of drug-likeness (QED) is 0.536. The van der Waals surface area contributed by atoms with Crippen LogP contribution < -0.4 is 0 Å². The van der Waals surface area contributed by atoms with Crippen LogP contribution in [0.3, 0.4) is 0 Å². The second kappa shape index (κ2) is 5.18. The molecular weight excluding hydrogens is 235 g/mol. The van der Waals surface area contributed by atoms with Crippen molar-refractivity contribution in [3.63, 3.8) is 0 Å². The molecule has 0 aliphatic heterocycles. The number of nitrogens with zero attached hydrogens (tertiary/aromatic N) is 2. The monoisotopic (exact) mass is 246 g/mol. The SMILES string of the molecule is C/C=C(\O)c1cc(COP(=O)(O)O)ncn1. The summed E-state index contributed by atoms with van der Waals surface area (Å²) in [5, 5.41) is 9.36. The van der Waals surface area contributed by atoms with Gasteiger partial charge in [-0.1, -0.05) is 0 Å². The van der Waals surface area contributed by atoms with Crippen LogP contribution in [0.5, 0.6) is 0 Å². The standard InChI is InChI=1S/C8H11N2O5P/c1-2-8(11)7-3-6(9-5-10-7)4-15-16(12,13)14/h2-3,5,11H,4H2,1H3,(H2,12,13,14)/b8-2-. The maximum atomic E-state index is 10.4. The molecular formula is C8H11N2O5P. The fraction of sp³-hybridized carbons (Fsp3) is 0.250. The Bertz CT molecular complexity index is 442. The summed E-state index contributed by atoms with van der Waals surface area (Å²) < 4.78 is 14.7. The number of aliphatic hydroxyl groups is 1. The molecule has 0 bridgehead atoms. The fourth-order valence-corrected chi connectivity index (χ4v) is 1.22. The predicted molar refractivity (Wildman–Crippen MR) is 55.1 cm³/mol. The van der Waals surface area contributed by atoms with Crippen LogP contribution in [-0.4, -0.2) is 24.9 Å². The average Bonchev–Trinajstić information content (AvgIpc) is 2.25. The van der Waals surface area contributed by atoms with Gasteiger partial charge in [0.15, 0.2) is 0 Å². The van der Waals surface area contributed by atoms with Gasteiger partial charge in [0.25, 0.3) is 0 Å². The summed E-state index contributed by atoms with van der Waals surface area (Å²) in [6, 6.07) is 1.38. The molecule has 3 N–H and O–H groups in total. The van der Waals surface area contributed by atoms with Crippen molar-refractivity contribution in [3.8, 4) is 0 Å². The molecule has 0 saturated heterocycles. The molecule has 0 amide bonds. The molecule has 0 aliphatic rings. The lowest BCUT2D eigenvalue weighted by atomic mass is 10.3. The summed E-state index contributed by atoms with van der Waals surface area (Å²) in [5.41, 5.74) is 0.531. The zero-order valence-corrected chi connectivity index (χ0v) is 9.33. The Morgan fingerprint density at radius 1 is 1.56 bits per heavy atom. The summed E-state index contributed by atoms with van der Waals surface area (Å²) in [4.78, 5) is 24.5. The summed E-state index contributed by atoms with van der Waals surface area (Å²) in [6.07, 6.45) is 2.61. The smallest absolute Gasteiger partial charge is 0.469 e. The van der Waals surface area contributed by atoms with Crippen LogP contribution in [0.15, 0.2) is 18.5 Å². The van der Waals surface area contributed by atoms with Gasteiger partial charge in [-0.15, -0.1) is 0 Å². The molecule has 0 saturated carbocycles. The minimum Gasteiger partial charge on any atom is -0.506 e. The van der Waals surface area contributed by atoms with Crippen molar-refractivity contribution in [3.05, 3.63) is 29.9 Å². The van der Waals surface area contributed by atoms with Gasteiger partial charge >= 0.3 is 7.82 Å². The van der Waals surface area contributed by atoms with Gasteiger partial charge in [-0.05, 0) is 19.1 Å². The maximum absolute atomic E-state index is 10.4. The number of phosphoric acid groups is 1. The van der Waals surface area contributed by atoms with Gasteiger partial charge < -0.3 is 14.9 Å². The summed E-state index contributed by atoms with van der Waals surface area (Å²) in [5.74, 6) is -0.0418. The van der Waals surface area contributed by atoms with Gasteiger partial charge in [0.2, 0.25) is 0 Å². The van der Waals surface area contributed by atoms with Gasteiger partial charge in [-0.3, -0.25) is 4.52 Å². The average molecular weight is 246 g/mol. The topological polar surface area (TPSA) is 113 Å². The third-order valence-corrected chi connectivity index (χ3v) is 2.11. The van der Waals surface area contributed by atoms with Crippen molar-refractivity contribution in [2.75, 3.05) is 0 Å². The Labute approximate surface area is 91.7 Å². The number of aliphatic hydroxyl groups excluding tert-OH is 1. The molecule has 0 aliphatic carbocycles. The number of hydrogen-bond donors (Lipinski definition) is 3. The van der Waals surface area contributed by atoms with E-state index in [4.69, 9.17) is 9.79 Å². The fourth-order valence-electron chi connectivity index (χ4n) is 0.915. The van der Waals surface area contributed by atoms with E-state index in [-0.39, 0.29) is 23.8 Å². The minimum atomic E-state index is -4.51. The van der Waals surface area contributed by atoms with Crippen LogP contribution in [0, 0.1) is 0 Å². The molecule has 0 radical (unpaired) electrons. The van der Waals surface area contributed by atoms with E-state index in [1.54, 1.807) is 6.92 Å². The molecule has 0 atom stereocenters. The second-order valence-electron chi connectivity index (χ2n) is 2.83. The van der Waals surface area contributed by atoms with Gasteiger partial charge in [0, 0.05) is 0 Å². The lowest BCUT2D eigenvalue weighted by Crippen LogP contribution is -1.98. The molecule has 88 valence electrons. The molecule has 1 heterocycles. The zero-order valence-electron chi connectivity index (χ0n) is 8.44. The molecule has 0 aromatic carbocycles. The predicted octanol–water partition coefficient (Wildman–Crippen LogP) is 1.00. The van der Waals surface area contributed by atoms with Gasteiger partial charge in [0.05, 0.1) is 5.69 Å². The molecule has 0 spiro atoms. The maximum Gasteiger partial charge on any atom is 0.469 e. The van der Waals surface area contributed by atoms with Gasteiger partial charge in [-0.2, -0.15) is 0 Å². The lowest BCUT2D eigenvalue weighted by molar-refractivity contribution is 0.187. The number of aromatic nitrogens is 2. The van der Waals surface area contributed by atoms with Crippen molar-refractivity contribution in [1.82, 2.24) is 9.97 Å². The van der Waals surface area contributed by atoms with E-state index in [2.05, 4.69) is 14.5 Å². The molecule has 0 unspecified atom stereocenters. The molecule has 1 rings (SSSR count). The minimum absolute atomic E-state index is 0.0418. The first-order valence-corrected chi connectivity index (χ1v) is 5.82. The Morgan fingerprint density at radius 2 is 2.25 bits per heavy atom. The third kappa shape index (κ3) is 4.08. The molecule has 8 heteroatoms. The first-order valence-electron chi connectivity index (χ1n) is 4.29. The lowest BCUT2D eigenvalue weighted by Gasteiger charge is -2.05. The van der Waals surface area contributed by atoms with E-state index in [0.717, 1.165) is 0 Å². The summed E-state index contributed by atoms with van der Waals surface area (Å²) in [6.45, 7) is 1.28. The van der Waals surface area contributed by atoms with Crippen LogP contribution in [0.1, 0.15) is 18.3 Å². The Morgan fingerprint density at radius 3 is 2.81 bits per heavy atom. The van der Waals surface area contributed by atoms with E-state index in [0.29, 0.717) is 0 Å². The number of hydrogen-bond acceptors (Lipinski definition) is 5. The molecule has 7 nitrogen and oxygen atoms in total. The second-order valence-corrected chi connectivity index (χ2v) is 4.07. The summed E-state index contributed by atoms with van der Waals surface area (Å²) in [7, 11) is -4.51. The highest BCUT2D eigenvalue weighted by molar-refractivity contribution is 7.46. The van der Waals surface area contributed by atoms with Crippen LogP contribution in [0.2, 0.25) is 0 Å². The zero-order chi connectivity index (χ0) is 12.2. The van der Waals surface area contributed by atoms with Crippen molar-refractivity contribution in [2.24, 2.45) is 0 Å². The molecule has 0 fully saturated rings. The Kier molecular flexibility index (Phi) is 4.14. The van der Waals surface area contributed by atoms with Gasteiger partial charge in [-0.25, -0.2) is 14.5 Å². The van der Waals surface area contributed by atoms with Crippen molar-refractivity contribution >= 4 is 13.6 Å². The van der Waals surface area contributed by atoms with Gasteiger partial charge in [0.1, 0.15) is 24.4 Å². The third-order valence-electron chi connectivity index (χ3n) is 1.64. The highest BCUT2D eigenvalue weighted by Crippen LogP contribution is 2.36. The van der Waals surface area contributed by atoms with Crippen molar-refractivity contribution in [2.45, 2.75) is 13.5 Å². The van der Waals surface area contributed by atoms with Crippen LogP contribution in [0.4, 0.5) is 0 Å². The molecule has 1 aromatic rings. The first kappa shape index (κ1) is 12.8. The van der Waals surface area contributed by atoms with E-state index >= 15 is 0 Å². The van der Waals surface area contributed by atoms with E-state index < -0.39 is 7.82 Å². The van der Waals surface area contributed by atoms with Crippen molar-refractivity contribution in [1.29, 1.82) is 0 Å².